The fraction of sp³-hybridized carbons (Fsp3) is 0.458. The summed E-state index contributed by atoms with van der Waals surface area (Å²) in [5.74, 6) is 1.66. The van der Waals surface area contributed by atoms with Crippen molar-refractivity contribution in [2.45, 2.75) is 37.8 Å². The number of pyridine rings is 1. The molecule has 0 radical (unpaired) electrons. The van der Waals surface area contributed by atoms with Gasteiger partial charge in [0, 0.05) is 42.3 Å². The molecular weight excluding hydrogens is 390 g/mol. The van der Waals surface area contributed by atoms with Gasteiger partial charge in [-0.1, -0.05) is 6.07 Å². The summed E-state index contributed by atoms with van der Waals surface area (Å²) in [6.07, 6.45) is 9.99. The van der Waals surface area contributed by atoms with Crippen LogP contribution in [0, 0.1) is 0 Å². The quantitative estimate of drug-likeness (QED) is 0.675. The van der Waals surface area contributed by atoms with E-state index in [-0.39, 0.29) is 0 Å². The molecule has 3 aromatic rings. The molecule has 0 amide bonds. The molecule has 1 aromatic carbocycles. The van der Waals surface area contributed by atoms with Crippen molar-refractivity contribution < 1.29 is 9.47 Å². The smallest absolute Gasteiger partial charge is 0.137 e. The minimum absolute atomic E-state index is 0.442. The van der Waals surface area contributed by atoms with Gasteiger partial charge in [0.2, 0.25) is 0 Å². The normalized spacial score (nSPS) is 22.4. The largest absolute Gasteiger partial charge is 0.495 e. The van der Waals surface area contributed by atoms with Gasteiger partial charge in [0.1, 0.15) is 17.9 Å². The van der Waals surface area contributed by atoms with Crippen LogP contribution in [0.2, 0.25) is 0 Å². The number of hydrogen-bond donors (Lipinski definition) is 1. The third kappa shape index (κ3) is 4.48. The Labute approximate surface area is 182 Å². The van der Waals surface area contributed by atoms with Gasteiger partial charge in [-0.2, -0.15) is 0 Å². The van der Waals surface area contributed by atoms with E-state index in [0.29, 0.717) is 12.1 Å². The van der Waals surface area contributed by atoms with E-state index in [2.05, 4.69) is 37.3 Å². The monoisotopic (exact) mass is 419 g/mol. The van der Waals surface area contributed by atoms with Crippen LogP contribution in [-0.4, -0.2) is 65.3 Å². The summed E-state index contributed by atoms with van der Waals surface area (Å²) >= 11 is 0. The average molecular weight is 420 g/mol. The van der Waals surface area contributed by atoms with Crippen molar-refractivity contribution in [1.82, 2.24) is 19.9 Å². The Morgan fingerprint density at radius 2 is 1.84 bits per heavy atom. The summed E-state index contributed by atoms with van der Waals surface area (Å²) < 4.78 is 10.8. The van der Waals surface area contributed by atoms with Crippen molar-refractivity contribution in [3.63, 3.8) is 0 Å². The molecule has 0 unspecified atom stereocenters. The number of ether oxygens (including phenoxy) is 2. The van der Waals surface area contributed by atoms with E-state index in [1.165, 1.54) is 12.8 Å². The molecule has 0 bridgehead atoms. The zero-order chi connectivity index (χ0) is 21.0. The van der Waals surface area contributed by atoms with E-state index >= 15 is 0 Å². The third-order valence-electron chi connectivity index (χ3n) is 6.52. The second-order valence-electron chi connectivity index (χ2n) is 8.37. The number of aromatic nitrogens is 3. The van der Waals surface area contributed by atoms with Crippen LogP contribution in [0.5, 0.6) is 5.75 Å². The van der Waals surface area contributed by atoms with Crippen LogP contribution in [0.3, 0.4) is 0 Å². The molecule has 1 N–H and O–H groups in total. The molecular formula is C24H29N5O2. The van der Waals surface area contributed by atoms with Crippen molar-refractivity contribution in [3.8, 4) is 16.9 Å². The highest BCUT2D eigenvalue weighted by Gasteiger charge is 2.27. The maximum Gasteiger partial charge on any atom is 0.137 e. The first-order chi connectivity index (χ1) is 15.3. The second kappa shape index (κ2) is 9.16. The lowest BCUT2D eigenvalue weighted by atomic mass is 9.90. The van der Waals surface area contributed by atoms with Gasteiger partial charge >= 0.3 is 0 Å². The molecule has 162 valence electrons. The SMILES string of the molecule is COc1cncc(-c2ccc3ncnc(N[C@H]4CC[C@H](N5CCOCC5)CC4)c3c2)c1. The number of rotatable bonds is 5. The third-order valence-corrected chi connectivity index (χ3v) is 6.52. The van der Waals surface area contributed by atoms with Crippen LogP contribution in [-0.2, 0) is 4.74 Å². The molecule has 7 nitrogen and oxygen atoms in total. The van der Waals surface area contributed by atoms with Gasteiger partial charge in [-0.3, -0.25) is 9.88 Å². The van der Waals surface area contributed by atoms with E-state index in [4.69, 9.17) is 9.47 Å². The lowest BCUT2D eigenvalue weighted by Gasteiger charge is -2.39. The van der Waals surface area contributed by atoms with Crippen molar-refractivity contribution in [2.75, 3.05) is 38.7 Å². The Hall–Kier alpha value is -2.77. The van der Waals surface area contributed by atoms with Crippen molar-refractivity contribution >= 4 is 16.7 Å². The van der Waals surface area contributed by atoms with E-state index in [0.717, 1.165) is 72.7 Å². The van der Waals surface area contributed by atoms with E-state index in [1.54, 1.807) is 19.6 Å². The standard InChI is InChI=1S/C24H29N5O2/c1-30-21-12-18(14-25-15-21)17-2-7-23-22(13-17)24(27-16-26-23)28-19-3-5-20(6-4-19)29-8-10-31-11-9-29/h2,7,12-16,19-20H,3-6,8-11H2,1H3,(H,26,27,28)/t19-,20-. The van der Waals surface area contributed by atoms with E-state index in [1.807, 2.05) is 18.3 Å². The molecule has 7 heteroatoms. The first-order valence-electron chi connectivity index (χ1n) is 11.1. The predicted octanol–water partition coefficient (Wildman–Crippen LogP) is 3.76. The van der Waals surface area contributed by atoms with Gasteiger partial charge in [-0.05, 0) is 49.4 Å². The number of nitrogens with zero attached hydrogens (tertiary/aromatic N) is 4. The van der Waals surface area contributed by atoms with Crippen LogP contribution in [0.15, 0.2) is 43.0 Å². The average Bonchev–Trinajstić information content (AvgIpc) is 2.85. The second-order valence-corrected chi connectivity index (χ2v) is 8.37. The van der Waals surface area contributed by atoms with Crippen LogP contribution >= 0.6 is 0 Å². The Morgan fingerprint density at radius 1 is 1.00 bits per heavy atom. The van der Waals surface area contributed by atoms with Gasteiger partial charge in [-0.25, -0.2) is 9.97 Å². The number of benzene rings is 1. The highest BCUT2D eigenvalue weighted by molar-refractivity contribution is 5.92. The summed E-state index contributed by atoms with van der Waals surface area (Å²) in [7, 11) is 1.66. The molecule has 3 heterocycles. The highest BCUT2D eigenvalue weighted by Crippen LogP contribution is 2.31. The van der Waals surface area contributed by atoms with Crippen molar-refractivity contribution in [1.29, 1.82) is 0 Å². The van der Waals surface area contributed by atoms with Gasteiger partial charge < -0.3 is 14.8 Å². The molecule has 0 spiro atoms. The van der Waals surface area contributed by atoms with Crippen molar-refractivity contribution in [2.24, 2.45) is 0 Å². The lowest BCUT2D eigenvalue weighted by Crippen LogP contribution is -2.46. The Morgan fingerprint density at radius 3 is 2.65 bits per heavy atom. The van der Waals surface area contributed by atoms with Gasteiger partial charge in [0.15, 0.2) is 0 Å². The Kier molecular flexibility index (Phi) is 5.95. The summed E-state index contributed by atoms with van der Waals surface area (Å²) in [6.45, 7) is 3.88. The number of morpholine rings is 1. The number of fused-ring (bicyclic) bond motifs is 1. The zero-order valence-corrected chi connectivity index (χ0v) is 18.0. The fourth-order valence-corrected chi connectivity index (χ4v) is 4.76. The minimum Gasteiger partial charge on any atom is -0.495 e. The highest BCUT2D eigenvalue weighted by atomic mass is 16.5. The van der Waals surface area contributed by atoms with Crippen molar-refractivity contribution in [3.05, 3.63) is 43.0 Å². The first kappa shape index (κ1) is 20.2. The predicted molar refractivity (Wildman–Crippen MR) is 121 cm³/mol. The van der Waals surface area contributed by atoms with E-state index < -0.39 is 0 Å². The first-order valence-corrected chi connectivity index (χ1v) is 11.1. The molecule has 1 saturated heterocycles. The molecule has 1 aliphatic heterocycles. The number of anilines is 1. The van der Waals surface area contributed by atoms with Gasteiger partial charge in [-0.15, -0.1) is 0 Å². The van der Waals surface area contributed by atoms with E-state index in [9.17, 15) is 0 Å². The van der Waals surface area contributed by atoms with Gasteiger partial charge in [0.05, 0.1) is 32.0 Å². The molecule has 2 aliphatic rings. The summed E-state index contributed by atoms with van der Waals surface area (Å²) in [6, 6.07) is 9.40. The fourth-order valence-electron chi connectivity index (χ4n) is 4.76. The molecule has 2 aromatic heterocycles. The summed E-state index contributed by atoms with van der Waals surface area (Å²) in [5.41, 5.74) is 3.04. The number of hydrogen-bond acceptors (Lipinski definition) is 7. The molecule has 31 heavy (non-hydrogen) atoms. The lowest BCUT2D eigenvalue weighted by molar-refractivity contribution is 0.00791. The molecule has 0 atom stereocenters. The summed E-state index contributed by atoms with van der Waals surface area (Å²) in [5, 5.41) is 4.75. The Balaban J connectivity index is 1.33. The molecule has 1 saturated carbocycles. The topological polar surface area (TPSA) is 72.4 Å². The van der Waals surface area contributed by atoms with Crippen LogP contribution in [0.4, 0.5) is 5.82 Å². The van der Waals surface area contributed by atoms with Crippen LogP contribution in [0.1, 0.15) is 25.7 Å². The maximum absolute atomic E-state index is 5.51. The summed E-state index contributed by atoms with van der Waals surface area (Å²) in [4.78, 5) is 16.0. The van der Waals surface area contributed by atoms with Gasteiger partial charge in [0.25, 0.3) is 0 Å². The number of methoxy groups -OCH3 is 1. The minimum atomic E-state index is 0.442. The number of nitrogens with one attached hydrogen (secondary N) is 1. The molecule has 2 fully saturated rings. The molecule has 1 aliphatic carbocycles. The zero-order valence-electron chi connectivity index (χ0n) is 18.0. The molecule has 5 rings (SSSR count). The Bertz CT molecular complexity index is 1030. The maximum atomic E-state index is 5.51. The van der Waals surface area contributed by atoms with Crippen LogP contribution in [0.25, 0.3) is 22.0 Å². The van der Waals surface area contributed by atoms with Crippen LogP contribution < -0.4 is 10.1 Å².